The van der Waals surface area contributed by atoms with Crippen molar-refractivity contribution in [2.75, 3.05) is 12.8 Å². The zero-order valence-electron chi connectivity index (χ0n) is 15.4. The molecule has 0 unspecified atom stereocenters. The number of ether oxygens (including phenoxy) is 1. The van der Waals surface area contributed by atoms with Crippen LogP contribution in [-0.2, 0) is 19.3 Å². The highest BCUT2D eigenvalue weighted by molar-refractivity contribution is 5.95. The molecular weight excluding hydrogens is 385 g/mol. The summed E-state index contributed by atoms with van der Waals surface area (Å²) in [6.07, 6.45) is -4.37. The largest absolute Gasteiger partial charge is 0.494 e. The fraction of sp³-hybridized carbons (Fsp3) is 0.211. The molecule has 0 aliphatic rings. The quantitative estimate of drug-likeness (QED) is 0.533. The van der Waals surface area contributed by atoms with Gasteiger partial charge in [-0.15, -0.1) is 5.10 Å². The molecule has 0 aliphatic heterocycles. The molecule has 0 fully saturated rings. The number of fused-ring (bicyclic) bond motifs is 3. The Morgan fingerprint density at radius 1 is 1.10 bits per heavy atom. The lowest BCUT2D eigenvalue weighted by Crippen LogP contribution is -2.15. The number of halogens is 3. The summed E-state index contributed by atoms with van der Waals surface area (Å²) < 4.78 is 45.2. The third kappa shape index (κ3) is 3.66. The molecule has 29 heavy (non-hydrogen) atoms. The van der Waals surface area contributed by atoms with Crippen LogP contribution in [0.25, 0.3) is 16.6 Å². The number of hydrogen-bond donors (Lipinski definition) is 2. The number of aromatic nitrogens is 4. The van der Waals surface area contributed by atoms with Gasteiger partial charge in [0.25, 0.3) is 0 Å². The number of anilines is 1. The number of methoxy groups -OCH3 is 1. The first-order valence-electron chi connectivity index (χ1n) is 8.71. The lowest BCUT2D eigenvalue weighted by Gasteiger charge is -2.08. The number of alkyl halides is 3. The Morgan fingerprint density at radius 2 is 1.90 bits per heavy atom. The van der Waals surface area contributed by atoms with Gasteiger partial charge in [0.05, 0.1) is 19.2 Å². The summed E-state index contributed by atoms with van der Waals surface area (Å²) in [6, 6.07) is 10.6. The Bertz CT molecular complexity index is 1190. The highest BCUT2D eigenvalue weighted by Crippen LogP contribution is 2.30. The van der Waals surface area contributed by atoms with Gasteiger partial charge in [0.15, 0.2) is 11.5 Å². The second kappa shape index (κ2) is 7.21. The standard InChI is InChI=1S/C19H17F3N6O/c1-29-14-7-3-6-13-16(14)26-18(23)28-17(13)25-15(27-28)10-24-9-11-4-2-5-12(8-11)19(20,21)22/h2-8,24H,9-10H2,1H3,(H2,23,26). The van der Waals surface area contributed by atoms with Crippen LogP contribution in [0.15, 0.2) is 42.5 Å². The maximum atomic E-state index is 12.8. The summed E-state index contributed by atoms with van der Waals surface area (Å²) in [7, 11) is 1.55. The molecule has 0 saturated heterocycles. The van der Waals surface area contributed by atoms with Crippen LogP contribution >= 0.6 is 0 Å². The molecule has 10 heteroatoms. The van der Waals surface area contributed by atoms with E-state index in [0.29, 0.717) is 28.3 Å². The summed E-state index contributed by atoms with van der Waals surface area (Å²) in [6.45, 7) is 0.491. The highest BCUT2D eigenvalue weighted by atomic mass is 19.4. The van der Waals surface area contributed by atoms with Gasteiger partial charge in [-0.1, -0.05) is 24.3 Å². The lowest BCUT2D eigenvalue weighted by molar-refractivity contribution is -0.137. The maximum Gasteiger partial charge on any atom is 0.416 e. The van der Waals surface area contributed by atoms with E-state index in [2.05, 4.69) is 20.4 Å². The van der Waals surface area contributed by atoms with E-state index in [1.54, 1.807) is 19.2 Å². The zero-order chi connectivity index (χ0) is 20.6. The van der Waals surface area contributed by atoms with Gasteiger partial charge in [-0.25, -0.2) is 9.97 Å². The van der Waals surface area contributed by atoms with Gasteiger partial charge in [0.2, 0.25) is 5.95 Å². The Kier molecular flexibility index (Phi) is 4.71. The number of para-hydroxylation sites is 1. The molecule has 0 radical (unpaired) electrons. The molecule has 150 valence electrons. The van der Waals surface area contributed by atoms with Gasteiger partial charge in [0.1, 0.15) is 11.3 Å². The monoisotopic (exact) mass is 402 g/mol. The van der Waals surface area contributed by atoms with Crippen molar-refractivity contribution in [2.45, 2.75) is 19.3 Å². The Balaban J connectivity index is 1.57. The second-order valence-electron chi connectivity index (χ2n) is 6.39. The first kappa shape index (κ1) is 18.9. The predicted octanol–water partition coefficient (Wildman–Crippen LogP) is 3.18. The maximum absolute atomic E-state index is 12.8. The van der Waals surface area contributed by atoms with Gasteiger partial charge in [-0.3, -0.25) is 0 Å². The van der Waals surface area contributed by atoms with Crippen molar-refractivity contribution in [3.8, 4) is 5.75 Å². The van der Waals surface area contributed by atoms with Crippen LogP contribution in [0.1, 0.15) is 17.0 Å². The zero-order valence-corrected chi connectivity index (χ0v) is 15.4. The molecule has 7 nitrogen and oxygen atoms in total. The number of hydrogen-bond acceptors (Lipinski definition) is 6. The SMILES string of the molecule is COc1cccc2c1nc(N)n1nc(CNCc3cccc(C(F)(F)F)c3)nc21. The molecule has 4 aromatic rings. The Hall–Kier alpha value is -3.40. The highest BCUT2D eigenvalue weighted by Gasteiger charge is 2.30. The molecule has 0 atom stereocenters. The minimum atomic E-state index is -4.37. The smallest absolute Gasteiger partial charge is 0.416 e. The van der Waals surface area contributed by atoms with Crippen LogP contribution < -0.4 is 15.8 Å². The van der Waals surface area contributed by atoms with Crippen molar-refractivity contribution < 1.29 is 17.9 Å². The van der Waals surface area contributed by atoms with E-state index in [1.165, 1.54) is 10.6 Å². The van der Waals surface area contributed by atoms with E-state index >= 15 is 0 Å². The molecule has 0 bridgehead atoms. The molecule has 0 saturated carbocycles. The van der Waals surface area contributed by atoms with E-state index in [4.69, 9.17) is 10.5 Å². The van der Waals surface area contributed by atoms with Crippen molar-refractivity contribution in [3.63, 3.8) is 0 Å². The fourth-order valence-electron chi connectivity index (χ4n) is 3.08. The molecule has 0 amide bonds. The first-order valence-corrected chi connectivity index (χ1v) is 8.71. The number of nitrogens with two attached hydrogens (primary N) is 1. The normalized spacial score (nSPS) is 12.0. The van der Waals surface area contributed by atoms with E-state index in [0.717, 1.165) is 17.5 Å². The number of nitrogens with zero attached hydrogens (tertiary/aromatic N) is 4. The third-order valence-electron chi connectivity index (χ3n) is 4.42. The summed E-state index contributed by atoms with van der Waals surface area (Å²) >= 11 is 0. The van der Waals surface area contributed by atoms with Crippen molar-refractivity contribution >= 4 is 22.5 Å². The molecule has 4 rings (SSSR count). The van der Waals surface area contributed by atoms with E-state index in [9.17, 15) is 13.2 Å². The van der Waals surface area contributed by atoms with Gasteiger partial charge in [-0.05, 0) is 23.8 Å². The van der Waals surface area contributed by atoms with Gasteiger partial charge in [0, 0.05) is 11.9 Å². The fourth-order valence-corrected chi connectivity index (χ4v) is 3.08. The van der Waals surface area contributed by atoms with Crippen LogP contribution in [-0.4, -0.2) is 26.7 Å². The average Bonchev–Trinajstić information content (AvgIpc) is 3.12. The summed E-state index contributed by atoms with van der Waals surface area (Å²) in [5.41, 5.74) is 6.95. The number of nitrogen functional groups attached to an aromatic ring is 1. The minimum Gasteiger partial charge on any atom is -0.494 e. The Labute approximate surface area is 163 Å². The van der Waals surface area contributed by atoms with Crippen LogP contribution in [0, 0.1) is 0 Å². The van der Waals surface area contributed by atoms with Crippen LogP contribution in [0.4, 0.5) is 19.1 Å². The molecule has 2 heterocycles. The van der Waals surface area contributed by atoms with Crippen molar-refractivity contribution in [1.29, 1.82) is 0 Å². The summed E-state index contributed by atoms with van der Waals surface area (Å²) in [5, 5.41) is 8.13. The number of nitrogens with one attached hydrogen (secondary N) is 1. The lowest BCUT2D eigenvalue weighted by atomic mass is 10.1. The molecular formula is C19H17F3N6O. The van der Waals surface area contributed by atoms with Gasteiger partial charge >= 0.3 is 6.18 Å². The topological polar surface area (TPSA) is 90.4 Å². The first-order chi connectivity index (χ1) is 13.9. The molecule has 2 aromatic heterocycles. The predicted molar refractivity (Wildman–Crippen MR) is 101 cm³/mol. The van der Waals surface area contributed by atoms with Crippen LogP contribution in [0.2, 0.25) is 0 Å². The number of benzene rings is 2. The van der Waals surface area contributed by atoms with Crippen molar-refractivity contribution in [1.82, 2.24) is 24.9 Å². The summed E-state index contributed by atoms with van der Waals surface area (Å²) in [4.78, 5) is 8.83. The van der Waals surface area contributed by atoms with Crippen molar-refractivity contribution in [3.05, 3.63) is 59.4 Å². The molecule has 0 spiro atoms. The molecule has 0 aliphatic carbocycles. The average molecular weight is 402 g/mol. The Morgan fingerprint density at radius 3 is 2.66 bits per heavy atom. The van der Waals surface area contributed by atoms with Gasteiger partial charge < -0.3 is 15.8 Å². The van der Waals surface area contributed by atoms with E-state index in [1.807, 2.05) is 12.1 Å². The van der Waals surface area contributed by atoms with Crippen LogP contribution in [0.5, 0.6) is 5.75 Å². The summed E-state index contributed by atoms with van der Waals surface area (Å²) in [5.74, 6) is 1.18. The number of rotatable bonds is 5. The molecule has 2 aromatic carbocycles. The van der Waals surface area contributed by atoms with Crippen molar-refractivity contribution in [2.24, 2.45) is 0 Å². The minimum absolute atomic E-state index is 0.161. The third-order valence-corrected chi connectivity index (χ3v) is 4.42. The molecule has 3 N–H and O–H groups in total. The van der Waals surface area contributed by atoms with Crippen LogP contribution in [0.3, 0.4) is 0 Å². The van der Waals surface area contributed by atoms with E-state index < -0.39 is 11.7 Å². The van der Waals surface area contributed by atoms with E-state index in [-0.39, 0.29) is 19.0 Å². The van der Waals surface area contributed by atoms with Gasteiger partial charge in [-0.2, -0.15) is 17.7 Å². The second-order valence-corrected chi connectivity index (χ2v) is 6.39.